The lowest BCUT2D eigenvalue weighted by molar-refractivity contribution is 0.0954. The van der Waals surface area contributed by atoms with Gasteiger partial charge >= 0.3 is 0 Å². The molecule has 0 aliphatic rings. The number of carbonyl (C=O) groups excluding carboxylic acids is 1. The van der Waals surface area contributed by atoms with Crippen molar-refractivity contribution in [1.82, 2.24) is 19.8 Å². The molecule has 8 nitrogen and oxygen atoms in total. The highest BCUT2D eigenvalue weighted by Gasteiger charge is 2.20. The molecule has 1 amide bonds. The van der Waals surface area contributed by atoms with Crippen molar-refractivity contribution in [3.05, 3.63) is 72.1 Å². The van der Waals surface area contributed by atoms with Crippen LogP contribution in [0.5, 0.6) is 5.75 Å². The lowest BCUT2D eigenvalue weighted by Gasteiger charge is -2.11. The summed E-state index contributed by atoms with van der Waals surface area (Å²) in [7, 11) is -1.08. The maximum absolute atomic E-state index is 12.4. The van der Waals surface area contributed by atoms with Crippen LogP contribution in [0.2, 0.25) is 0 Å². The number of methoxy groups -OCH3 is 1. The van der Waals surface area contributed by atoms with Crippen LogP contribution in [0, 0.1) is 0 Å². The van der Waals surface area contributed by atoms with Crippen molar-refractivity contribution in [2.24, 2.45) is 0 Å². The predicted octanol–water partition coefficient (Wildman–Crippen LogP) is 1.76. The van der Waals surface area contributed by atoms with E-state index in [1.54, 1.807) is 4.68 Å². The summed E-state index contributed by atoms with van der Waals surface area (Å²) in [6.07, 6.45) is 2.41. The fourth-order valence-electron chi connectivity index (χ4n) is 2.76. The van der Waals surface area contributed by atoms with Crippen molar-refractivity contribution >= 4 is 15.9 Å². The quantitative estimate of drug-likeness (QED) is 0.585. The topological polar surface area (TPSA) is 102 Å². The third-order valence-electron chi connectivity index (χ3n) is 4.32. The summed E-state index contributed by atoms with van der Waals surface area (Å²) in [6.45, 7) is 0.366. The van der Waals surface area contributed by atoms with Crippen molar-refractivity contribution < 1.29 is 17.9 Å². The molecule has 0 unspecified atom stereocenters. The Morgan fingerprint density at radius 1 is 1.14 bits per heavy atom. The van der Waals surface area contributed by atoms with Gasteiger partial charge in [-0.05, 0) is 43.4 Å². The first kappa shape index (κ1) is 20.6. The highest BCUT2D eigenvalue weighted by atomic mass is 32.2. The third-order valence-corrected chi connectivity index (χ3v) is 5.75. The number of nitrogens with zero attached hydrogens (tertiary/aromatic N) is 2. The molecule has 3 aromatic rings. The SMILES string of the molecule is CNS(=O)(=O)c1cc(C(=O)NCCc2ccn(-c3ccccc3)n2)ccc1OC. The van der Waals surface area contributed by atoms with E-state index in [2.05, 4.69) is 15.1 Å². The number of hydrogen-bond acceptors (Lipinski definition) is 5. The van der Waals surface area contributed by atoms with Gasteiger partial charge in [-0.15, -0.1) is 0 Å². The van der Waals surface area contributed by atoms with Gasteiger partial charge in [0.15, 0.2) is 0 Å². The smallest absolute Gasteiger partial charge is 0.251 e. The lowest BCUT2D eigenvalue weighted by atomic mass is 10.2. The van der Waals surface area contributed by atoms with Crippen LogP contribution in [0.4, 0.5) is 0 Å². The second kappa shape index (κ2) is 8.89. The number of sulfonamides is 1. The zero-order chi connectivity index (χ0) is 20.9. The number of ether oxygens (including phenoxy) is 1. The number of para-hydroxylation sites is 1. The molecule has 0 saturated heterocycles. The van der Waals surface area contributed by atoms with Gasteiger partial charge in [-0.3, -0.25) is 4.79 Å². The number of nitrogens with one attached hydrogen (secondary N) is 2. The molecular formula is C20H22N4O4S. The van der Waals surface area contributed by atoms with Gasteiger partial charge in [-0.2, -0.15) is 5.10 Å². The van der Waals surface area contributed by atoms with Crippen LogP contribution in [0.1, 0.15) is 16.1 Å². The molecule has 0 radical (unpaired) electrons. The van der Waals surface area contributed by atoms with Crippen LogP contribution in [-0.2, 0) is 16.4 Å². The van der Waals surface area contributed by atoms with Gasteiger partial charge in [0.05, 0.1) is 18.5 Å². The Hall–Kier alpha value is -3.17. The Morgan fingerprint density at radius 3 is 2.59 bits per heavy atom. The molecule has 3 rings (SSSR count). The first-order valence-electron chi connectivity index (χ1n) is 8.94. The monoisotopic (exact) mass is 414 g/mol. The molecular weight excluding hydrogens is 392 g/mol. The van der Waals surface area contributed by atoms with Crippen LogP contribution >= 0.6 is 0 Å². The summed E-state index contributed by atoms with van der Waals surface area (Å²) >= 11 is 0. The van der Waals surface area contributed by atoms with Crippen LogP contribution in [0.15, 0.2) is 65.7 Å². The van der Waals surface area contributed by atoms with E-state index in [0.29, 0.717) is 13.0 Å². The van der Waals surface area contributed by atoms with Crippen LogP contribution in [0.3, 0.4) is 0 Å². The molecule has 152 valence electrons. The Bertz CT molecular complexity index is 1090. The standard InChI is InChI=1S/C20H22N4O4S/c1-21-29(26,27)19-14-15(8-9-18(19)28-2)20(25)22-12-10-16-11-13-24(23-16)17-6-4-3-5-7-17/h3-9,11,13-14,21H,10,12H2,1-2H3,(H,22,25). The first-order valence-corrected chi connectivity index (χ1v) is 10.4. The average Bonchev–Trinajstić information content (AvgIpc) is 3.22. The maximum atomic E-state index is 12.4. The van der Waals surface area contributed by atoms with Crippen molar-refractivity contribution in [1.29, 1.82) is 0 Å². The van der Waals surface area contributed by atoms with Crippen LogP contribution < -0.4 is 14.8 Å². The van der Waals surface area contributed by atoms with Gasteiger partial charge in [-0.1, -0.05) is 18.2 Å². The number of hydrogen-bond donors (Lipinski definition) is 2. The molecule has 2 aromatic carbocycles. The molecule has 0 aliphatic heterocycles. The second-order valence-electron chi connectivity index (χ2n) is 6.17. The summed E-state index contributed by atoms with van der Waals surface area (Å²) in [5, 5.41) is 7.28. The van der Waals surface area contributed by atoms with E-state index in [1.165, 1.54) is 32.4 Å². The molecule has 29 heavy (non-hydrogen) atoms. The van der Waals surface area contributed by atoms with Gasteiger partial charge in [0.1, 0.15) is 10.6 Å². The molecule has 0 atom stereocenters. The van der Waals surface area contributed by atoms with Crippen molar-refractivity contribution in [3.8, 4) is 11.4 Å². The van der Waals surface area contributed by atoms with Gasteiger partial charge in [0.25, 0.3) is 5.91 Å². The summed E-state index contributed by atoms with van der Waals surface area (Å²) in [4.78, 5) is 12.3. The number of benzene rings is 2. The van der Waals surface area contributed by atoms with Crippen molar-refractivity contribution in [2.45, 2.75) is 11.3 Å². The van der Waals surface area contributed by atoms with E-state index in [9.17, 15) is 13.2 Å². The number of rotatable bonds is 8. The van der Waals surface area contributed by atoms with Crippen LogP contribution in [-0.4, -0.2) is 44.8 Å². The molecule has 2 N–H and O–H groups in total. The van der Waals surface area contributed by atoms with Crippen LogP contribution in [0.25, 0.3) is 5.69 Å². The number of carbonyl (C=O) groups is 1. The zero-order valence-electron chi connectivity index (χ0n) is 16.1. The molecule has 1 heterocycles. The molecule has 9 heteroatoms. The Morgan fingerprint density at radius 2 is 1.90 bits per heavy atom. The molecule has 0 spiro atoms. The molecule has 0 bridgehead atoms. The van der Waals surface area contributed by atoms with E-state index >= 15 is 0 Å². The van der Waals surface area contributed by atoms with E-state index in [0.717, 1.165) is 11.4 Å². The molecule has 0 aliphatic carbocycles. The van der Waals surface area contributed by atoms with Gasteiger partial charge < -0.3 is 10.1 Å². The van der Waals surface area contributed by atoms with Gasteiger partial charge in [-0.25, -0.2) is 17.8 Å². The fourth-order valence-corrected chi connectivity index (χ4v) is 3.68. The van der Waals surface area contributed by atoms with E-state index in [-0.39, 0.29) is 22.1 Å². The molecule has 1 aromatic heterocycles. The molecule has 0 saturated carbocycles. The Labute approximate surface area is 169 Å². The zero-order valence-corrected chi connectivity index (χ0v) is 16.9. The first-order chi connectivity index (χ1) is 13.9. The number of aromatic nitrogens is 2. The largest absolute Gasteiger partial charge is 0.495 e. The lowest BCUT2D eigenvalue weighted by Crippen LogP contribution is -2.26. The summed E-state index contributed by atoms with van der Waals surface area (Å²) in [5.74, 6) is -0.204. The minimum absolute atomic E-state index is 0.0863. The minimum atomic E-state index is -3.75. The molecule has 0 fully saturated rings. The summed E-state index contributed by atoms with van der Waals surface area (Å²) in [5.41, 5.74) is 2.02. The average molecular weight is 414 g/mol. The van der Waals surface area contributed by atoms with Crippen molar-refractivity contribution in [3.63, 3.8) is 0 Å². The summed E-state index contributed by atoms with van der Waals surface area (Å²) in [6, 6.07) is 15.9. The minimum Gasteiger partial charge on any atom is -0.495 e. The third kappa shape index (κ3) is 4.82. The summed E-state index contributed by atoms with van der Waals surface area (Å²) < 4.78 is 33.4. The van der Waals surface area contributed by atoms with Gasteiger partial charge in [0, 0.05) is 24.7 Å². The number of amides is 1. The Kier molecular flexibility index (Phi) is 6.30. The van der Waals surface area contributed by atoms with Crippen molar-refractivity contribution in [2.75, 3.05) is 20.7 Å². The fraction of sp³-hybridized carbons (Fsp3) is 0.200. The van der Waals surface area contributed by atoms with E-state index in [1.807, 2.05) is 42.6 Å². The maximum Gasteiger partial charge on any atom is 0.251 e. The predicted molar refractivity (Wildman–Crippen MR) is 109 cm³/mol. The normalized spacial score (nSPS) is 11.2. The second-order valence-corrected chi connectivity index (χ2v) is 8.02. The van der Waals surface area contributed by atoms with Gasteiger partial charge in [0.2, 0.25) is 10.0 Å². The highest BCUT2D eigenvalue weighted by molar-refractivity contribution is 7.89. The Balaban J connectivity index is 1.64. The highest BCUT2D eigenvalue weighted by Crippen LogP contribution is 2.24. The van der Waals surface area contributed by atoms with E-state index in [4.69, 9.17) is 4.74 Å². The van der Waals surface area contributed by atoms with E-state index < -0.39 is 10.0 Å².